The van der Waals surface area contributed by atoms with Crippen LogP contribution in [0.15, 0.2) is 23.0 Å². The van der Waals surface area contributed by atoms with E-state index in [0.29, 0.717) is 17.6 Å². The van der Waals surface area contributed by atoms with Crippen LogP contribution >= 0.6 is 11.8 Å². The number of thioether (sulfide) groups is 1. The largest absolute Gasteiger partial charge is 0.478 e. The van der Waals surface area contributed by atoms with Gasteiger partial charge in [-0.25, -0.2) is 9.59 Å². The van der Waals surface area contributed by atoms with E-state index in [2.05, 4.69) is 11.9 Å². The van der Waals surface area contributed by atoms with Gasteiger partial charge in [-0.3, -0.25) is 4.57 Å². The first-order chi connectivity index (χ1) is 9.13. The second-order valence-corrected chi connectivity index (χ2v) is 5.56. The normalized spacial score (nSPS) is 11.0. The minimum atomic E-state index is -0.983. The van der Waals surface area contributed by atoms with E-state index in [-0.39, 0.29) is 11.3 Å². The molecule has 19 heavy (non-hydrogen) atoms. The fraction of sp³-hybridized carbons (Fsp3) is 0.385. The minimum Gasteiger partial charge on any atom is -0.478 e. The summed E-state index contributed by atoms with van der Waals surface area (Å²) in [5.74, 6) is 1.07. The van der Waals surface area contributed by atoms with Crippen LogP contribution in [-0.4, -0.2) is 32.1 Å². The molecule has 6 heteroatoms. The van der Waals surface area contributed by atoms with E-state index in [0.717, 1.165) is 17.9 Å². The highest BCUT2D eigenvalue weighted by molar-refractivity contribution is 7.99. The molecule has 0 saturated carbocycles. The van der Waals surface area contributed by atoms with E-state index < -0.39 is 5.97 Å². The van der Waals surface area contributed by atoms with Gasteiger partial charge in [-0.15, -0.1) is 0 Å². The molecule has 0 amide bonds. The fourth-order valence-corrected chi connectivity index (χ4v) is 2.60. The van der Waals surface area contributed by atoms with E-state index in [4.69, 9.17) is 5.11 Å². The number of nitrogens with zero attached hydrogens (tertiary/aromatic N) is 1. The summed E-state index contributed by atoms with van der Waals surface area (Å²) >= 11 is 1.83. The lowest BCUT2D eigenvalue weighted by Gasteiger charge is -2.03. The second kappa shape index (κ2) is 5.97. The van der Waals surface area contributed by atoms with Crippen molar-refractivity contribution >= 4 is 28.8 Å². The van der Waals surface area contributed by atoms with Crippen LogP contribution < -0.4 is 5.69 Å². The number of aromatic carboxylic acids is 1. The molecule has 1 aromatic carbocycles. The Labute approximate surface area is 114 Å². The summed E-state index contributed by atoms with van der Waals surface area (Å²) in [6, 6.07) is 4.68. The molecule has 0 bridgehead atoms. The molecule has 0 aliphatic rings. The third kappa shape index (κ3) is 3.01. The molecule has 2 aromatic rings. The highest BCUT2D eigenvalue weighted by atomic mass is 32.2. The van der Waals surface area contributed by atoms with Crippen LogP contribution in [0.2, 0.25) is 0 Å². The van der Waals surface area contributed by atoms with Crippen molar-refractivity contribution in [2.75, 3.05) is 11.5 Å². The van der Waals surface area contributed by atoms with Crippen molar-refractivity contribution in [3.8, 4) is 0 Å². The summed E-state index contributed by atoms with van der Waals surface area (Å²) in [4.78, 5) is 25.5. The smallest absolute Gasteiger partial charge is 0.335 e. The molecule has 0 saturated heterocycles. The average molecular weight is 280 g/mol. The first kappa shape index (κ1) is 13.7. The standard InChI is InChI=1S/C13H16N2O3S/c1-2-19-7-3-6-15-11-8-9(12(16)17)4-5-10(11)14-13(15)18/h4-5,8H,2-3,6-7H2,1H3,(H,14,18)(H,16,17). The van der Waals surface area contributed by atoms with Gasteiger partial charge in [-0.05, 0) is 36.1 Å². The van der Waals surface area contributed by atoms with Gasteiger partial charge in [0.2, 0.25) is 0 Å². The lowest BCUT2D eigenvalue weighted by molar-refractivity contribution is 0.0697. The number of aromatic amines is 1. The number of fused-ring (bicyclic) bond motifs is 1. The zero-order valence-corrected chi connectivity index (χ0v) is 11.5. The van der Waals surface area contributed by atoms with Crippen LogP contribution in [0, 0.1) is 0 Å². The monoisotopic (exact) mass is 280 g/mol. The molecule has 0 fully saturated rings. The topological polar surface area (TPSA) is 75.1 Å². The van der Waals surface area contributed by atoms with E-state index in [9.17, 15) is 9.59 Å². The molecule has 1 heterocycles. The maximum Gasteiger partial charge on any atom is 0.335 e. The predicted molar refractivity (Wildman–Crippen MR) is 77.1 cm³/mol. The third-order valence-corrected chi connectivity index (χ3v) is 3.88. The van der Waals surface area contributed by atoms with Gasteiger partial charge in [0.15, 0.2) is 0 Å². The van der Waals surface area contributed by atoms with E-state index in [1.807, 2.05) is 11.8 Å². The van der Waals surface area contributed by atoms with Crippen molar-refractivity contribution in [1.29, 1.82) is 0 Å². The number of rotatable bonds is 6. The summed E-state index contributed by atoms with van der Waals surface area (Å²) in [5.41, 5.74) is 1.35. The summed E-state index contributed by atoms with van der Waals surface area (Å²) in [6.45, 7) is 2.70. The van der Waals surface area contributed by atoms with E-state index >= 15 is 0 Å². The highest BCUT2D eigenvalue weighted by Crippen LogP contribution is 2.14. The zero-order valence-electron chi connectivity index (χ0n) is 10.7. The van der Waals surface area contributed by atoms with Crippen molar-refractivity contribution in [2.24, 2.45) is 0 Å². The Bertz CT molecular complexity index is 645. The number of aromatic nitrogens is 2. The molecule has 1 aromatic heterocycles. The number of aryl methyl sites for hydroxylation is 1. The van der Waals surface area contributed by atoms with E-state index in [1.54, 1.807) is 16.7 Å². The maximum absolute atomic E-state index is 11.8. The van der Waals surface area contributed by atoms with Gasteiger partial charge < -0.3 is 10.1 Å². The van der Waals surface area contributed by atoms with Crippen molar-refractivity contribution < 1.29 is 9.90 Å². The number of imidazole rings is 1. The SMILES string of the molecule is CCSCCCn1c(=O)[nH]c2ccc(C(=O)O)cc21. The fourth-order valence-electron chi connectivity index (χ4n) is 1.98. The third-order valence-electron chi connectivity index (χ3n) is 2.90. The number of carboxylic acid groups (broad SMARTS) is 1. The van der Waals surface area contributed by atoms with Crippen LogP contribution in [-0.2, 0) is 6.54 Å². The lowest BCUT2D eigenvalue weighted by atomic mass is 10.2. The van der Waals surface area contributed by atoms with Gasteiger partial charge in [-0.2, -0.15) is 11.8 Å². The van der Waals surface area contributed by atoms with Crippen LogP contribution in [0.1, 0.15) is 23.7 Å². The van der Waals surface area contributed by atoms with Crippen molar-refractivity contribution in [2.45, 2.75) is 19.9 Å². The Morgan fingerprint density at radius 2 is 2.26 bits per heavy atom. The Morgan fingerprint density at radius 1 is 1.47 bits per heavy atom. The first-order valence-corrected chi connectivity index (χ1v) is 7.32. The quantitative estimate of drug-likeness (QED) is 0.795. The van der Waals surface area contributed by atoms with Crippen LogP contribution in [0.5, 0.6) is 0 Å². The van der Waals surface area contributed by atoms with E-state index in [1.165, 1.54) is 6.07 Å². The molecule has 0 aliphatic heterocycles. The molecule has 0 aliphatic carbocycles. The van der Waals surface area contributed by atoms with Crippen molar-refractivity contribution in [3.63, 3.8) is 0 Å². The Balaban J connectivity index is 2.30. The molecule has 2 N–H and O–H groups in total. The van der Waals surface area contributed by atoms with Gasteiger partial charge >= 0.3 is 11.7 Å². The number of benzene rings is 1. The first-order valence-electron chi connectivity index (χ1n) is 6.17. The summed E-state index contributed by atoms with van der Waals surface area (Å²) < 4.78 is 1.61. The second-order valence-electron chi connectivity index (χ2n) is 4.17. The van der Waals surface area contributed by atoms with Gasteiger partial charge in [0.05, 0.1) is 16.6 Å². The number of carboxylic acids is 1. The number of H-pyrrole nitrogens is 1. The lowest BCUT2D eigenvalue weighted by Crippen LogP contribution is -2.17. The molecular weight excluding hydrogens is 264 g/mol. The van der Waals surface area contributed by atoms with Gasteiger partial charge in [0.25, 0.3) is 0 Å². The Hall–Kier alpha value is -1.69. The molecule has 0 atom stereocenters. The van der Waals surface area contributed by atoms with Crippen molar-refractivity contribution in [1.82, 2.24) is 9.55 Å². The molecular formula is C13H16N2O3S. The Morgan fingerprint density at radius 3 is 2.95 bits per heavy atom. The summed E-state index contributed by atoms with van der Waals surface area (Å²) in [5, 5.41) is 8.99. The average Bonchev–Trinajstić information content (AvgIpc) is 2.70. The highest BCUT2D eigenvalue weighted by Gasteiger charge is 2.10. The van der Waals surface area contributed by atoms with Gasteiger partial charge in [0.1, 0.15) is 0 Å². The van der Waals surface area contributed by atoms with Crippen LogP contribution in [0.3, 0.4) is 0 Å². The van der Waals surface area contributed by atoms with Gasteiger partial charge in [0, 0.05) is 6.54 Å². The molecule has 0 radical (unpaired) electrons. The van der Waals surface area contributed by atoms with Crippen LogP contribution in [0.25, 0.3) is 11.0 Å². The van der Waals surface area contributed by atoms with Gasteiger partial charge in [-0.1, -0.05) is 6.92 Å². The van der Waals surface area contributed by atoms with Crippen LogP contribution in [0.4, 0.5) is 0 Å². The number of hydrogen-bond donors (Lipinski definition) is 2. The summed E-state index contributed by atoms with van der Waals surface area (Å²) in [6.07, 6.45) is 0.892. The Kier molecular flexibility index (Phi) is 4.31. The molecule has 5 nitrogen and oxygen atoms in total. The van der Waals surface area contributed by atoms with Crippen molar-refractivity contribution in [3.05, 3.63) is 34.2 Å². The number of nitrogens with one attached hydrogen (secondary N) is 1. The molecule has 0 unspecified atom stereocenters. The number of hydrogen-bond acceptors (Lipinski definition) is 3. The molecule has 102 valence electrons. The molecule has 2 rings (SSSR count). The molecule has 0 spiro atoms. The number of carbonyl (C=O) groups is 1. The summed E-state index contributed by atoms with van der Waals surface area (Å²) in [7, 11) is 0. The predicted octanol–water partition coefficient (Wildman–Crippen LogP) is 2.17. The zero-order chi connectivity index (χ0) is 13.8. The maximum atomic E-state index is 11.8. The minimum absolute atomic E-state index is 0.181.